The Kier molecular flexibility index (Phi) is 5.85. The van der Waals surface area contributed by atoms with Crippen molar-refractivity contribution in [2.75, 3.05) is 31.1 Å². The summed E-state index contributed by atoms with van der Waals surface area (Å²) < 4.78 is 22.3. The molecule has 36 heavy (non-hydrogen) atoms. The highest BCUT2D eigenvalue weighted by molar-refractivity contribution is 6.35. The molecule has 1 fully saturated rings. The van der Waals surface area contributed by atoms with Crippen molar-refractivity contribution in [1.29, 1.82) is 5.26 Å². The molecule has 1 atom stereocenters. The van der Waals surface area contributed by atoms with Crippen molar-refractivity contribution in [1.82, 2.24) is 9.47 Å². The fourth-order valence-electron chi connectivity index (χ4n) is 5.14. The van der Waals surface area contributed by atoms with Crippen molar-refractivity contribution >= 4 is 34.1 Å². The molecule has 1 saturated heterocycles. The summed E-state index contributed by atoms with van der Waals surface area (Å²) >= 11 is 6.70. The van der Waals surface area contributed by atoms with Crippen LogP contribution in [0, 0.1) is 17.1 Å². The largest absolute Gasteiger partial charge is 0.507 e. The van der Waals surface area contributed by atoms with E-state index in [0.29, 0.717) is 36.2 Å². The summed E-state index contributed by atoms with van der Waals surface area (Å²) in [4.78, 5) is 29.2. The van der Waals surface area contributed by atoms with Crippen LogP contribution >= 0.6 is 11.6 Å². The van der Waals surface area contributed by atoms with Crippen molar-refractivity contribution in [3.05, 3.63) is 63.7 Å². The molecule has 5 rings (SSSR count). The fraction of sp³-hybridized carbons (Fsp3) is 0.269. The van der Waals surface area contributed by atoms with E-state index in [9.17, 15) is 24.3 Å². The molecular formula is C26H22ClFN4O4. The van der Waals surface area contributed by atoms with Gasteiger partial charge in [0.2, 0.25) is 5.91 Å². The third kappa shape index (κ3) is 3.48. The number of carbonyl (C=O) groups excluding carboxylic acids is 1. The average Bonchev–Trinajstić information content (AvgIpc) is 2.86. The number of nitriles is 1. The van der Waals surface area contributed by atoms with Gasteiger partial charge in [-0.3, -0.25) is 9.59 Å². The fourth-order valence-corrected chi connectivity index (χ4v) is 5.43. The van der Waals surface area contributed by atoms with Gasteiger partial charge in [-0.1, -0.05) is 24.2 Å². The second-order valence-electron chi connectivity index (χ2n) is 8.76. The second kappa shape index (κ2) is 8.88. The summed E-state index contributed by atoms with van der Waals surface area (Å²) in [5.41, 5.74) is 0.244. The van der Waals surface area contributed by atoms with E-state index in [-0.39, 0.29) is 58.3 Å². The first kappa shape index (κ1) is 23.7. The lowest BCUT2D eigenvalue weighted by atomic mass is 9.97. The third-order valence-corrected chi connectivity index (χ3v) is 7.04. The Morgan fingerprint density at radius 1 is 1.33 bits per heavy atom. The summed E-state index contributed by atoms with van der Waals surface area (Å²) in [7, 11) is 0. The van der Waals surface area contributed by atoms with Gasteiger partial charge in [0.1, 0.15) is 29.8 Å². The number of rotatable bonds is 3. The Morgan fingerprint density at radius 3 is 2.78 bits per heavy atom. The Labute approximate surface area is 211 Å². The van der Waals surface area contributed by atoms with Crippen LogP contribution in [0.2, 0.25) is 5.02 Å². The zero-order valence-electron chi connectivity index (χ0n) is 19.4. The van der Waals surface area contributed by atoms with Crippen LogP contribution in [0.25, 0.3) is 22.0 Å². The number of piperazine rings is 1. The first-order valence-corrected chi connectivity index (χ1v) is 11.8. The molecule has 2 aliphatic rings. The smallest absolute Gasteiger partial charge is 0.271 e. The quantitative estimate of drug-likeness (QED) is 0.542. The van der Waals surface area contributed by atoms with Crippen molar-refractivity contribution in [2.24, 2.45) is 0 Å². The van der Waals surface area contributed by atoms with E-state index in [1.54, 1.807) is 11.0 Å². The van der Waals surface area contributed by atoms with Gasteiger partial charge in [-0.15, -0.1) is 0 Å². The van der Waals surface area contributed by atoms with Gasteiger partial charge in [-0.25, -0.2) is 4.39 Å². The Balaban J connectivity index is 1.81. The lowest BCUT2D eigenvalue weighted by Gasteiger charge is -2.42. The molecule has 0 saturated carbocycles. The van der Waals surface area contributed by atoms with E-state index in [4.69, 9.17) is 16.3 Å². The minimum Gasteiger partial charge on any atom is -0.507 e. The molecule has 1 N–H and O–H groups in total. The van der Waals surface area contributed by atoms with Crippen molar-refractivity contribution in [3.63, 3.8) is 0 Å². The topological polar surface area (TPSA) is 98.8 Å². The molecule has 8 nitrogen and oxygen atoms in total. The number of amides is 1. The number of anilines is 1. The maximum atomic E-state index is 14.9. The first-order chi connectivity index (χ1) is 17.3. The number of hydrogen-bond acceptors (Lipinski definition) is 6. The summed E-state index contributed by atoms with van der Waals surface area (Å²) in [5.74, 6) is -1.04. The summed E-state index contributed by atoms with van der Waals surface area (Å²) in [6, 6.07) is 7.34. The third-order valence-electron chi connectivity index (χ3n) is 6.74. The van der Waals surface area contributed by atoms with Crippen LogP contribution in [-0.2, 0) is 11.3 Å². The molecule has 3 heterocycles. The maximum absolute atomic E-state index is 14.9. The first-order valence-electron chi connectivity index (χ1n) is 11.4. The molecule has 1 amide bonds. The molecular weight excluding hydrogens is 487 g/mol. The Morgan fingerprint density at radius 2 is 2.11 bits per heavy atom. The van der Waals surface area contributed by atoms with Crippen LogP contribution < -0.4 is 15.2 Å². The van der Waals surface area contributed by atoms with Gasteiger partial charge in [0, 0.05) is 31.1 Å². The highest BCUT2D eigenvalue weighted by Crippen LogP contribution is 2.49. The number of aromatic nitrogens is 1. The molecule has 10 heteroatoms. The van der Waals surface area contributed by atoms with E-state index in [0.717, 1.165) is 0 Å². The molecule has 184 valence electrons. The number of benzene rings is 2. The standard InChI is InChI=1S/C26H22ClFN4O4/c1-3-20(34)30-7-8-31(14(2)13-30)23-15-11-17(27)21(22-18(28)5-4-6-19(22)33)25-24(15)32(9-10-36-25)26(35)16(23)12-29/h3-6,11,14,33H,1,7-10,13H2,2H3. The molecule has 0 bridgehead atoms. The van der Waals surface area contributed by atoms with Gasteiger partial charge in [0.15, 0.2) is 5.75 Å². The van der Waals surface area contributed by atoms with Crippen molar-refractivity contribution < 1.29 is 19.0 Å². The highest BCUT2D eigenvalue weighted by Gasteiger charge is 2.34. The van der Waals surface area contributed by atoms with E-state index < -0.39 is 11.4 Å². The van der Waals surface area contributed by atoms with Gasteiger partial charge in [0.05, 0.1) is 33.9 Å². The van der Waals surface area contributed by atoms with Gasteiger partial charge in [-0.2, -0.15) is 5.26 Å². The normalized spacial score (nSPS) is 17.0. The Hall–Kier alpha value is -4.03. The molecule has 2 aliphatic heterocycles. The zero-order valence-corrected chi connectivity index (χ0v) is 20.2. The molecule has 3 aromatic rings. The molecule has 2 aromatic carbocycles. The van der Waals surface area contributed by atoms with Crippen LogP contribution in [0.15, 0.2) is 41.7 Å². The maximum Gasteiger partial charge on any atom is 0.271 e. The van der Waals surface area contributed by atoms with E-state index in [1.165, 1.54) is 28.8 Å². The van der Waals surface area contributed by atoms with Crippen LogP contribution in [0.5, 0.6) is 11.5 Å². The lowest BCUT2D eigenvalue weighted by molar-refractivity contribution is -0.126. The van der Waals surface area contributed by atoms with E-state index in [2.05, 4.69) is 12.6 Å². The average molecular weight is 509 g/mol. The van der Waals surface area contributed by atoms with E-state index in [1.807, 2.05) is 11.8 Å². The number of halogens is 2. The van der Waals surface area contributed by atoms with Gasteiger partial charge < -0.3 is 24.2 Å². The molecule has 0 spiro atoms. The Bertz CT molecular complexity index is 1520. The van der Waals surface area contributed by atoms with Crippen LogP contribution in [0.1, 0.15) is 12.5 Å². The number of nitrogens with zero attached hydrogens (tertiary/aromatic N) is 4. The number of hydrogen-bond donors (Lipinski definition) is 1. The minimum atomic E-state index is -0.693. The lowest BCUT2D eigenvalue weighted by Crippen LogP contribution is -2.54. The number of phenolic OH excluding ortho intramolecular Hbond substituents is 1. The minimum absolute atomic E-state index is 0.0387. The van der Waals surface area contributed by atoms with Gasteiger partial charge in [-0.05, 0) is 31.2 Å². The number of phenols is 1. The molecule has 1 unspecified atom stereocenters. The predicted molar refractivity (Wildman–Crippen MR) is 134 cm³/mol. The van der Waals surface area contributed by atoms with Gasteiger partial charge >= 0.3 is 0 Å². The summed E-state index contributed by atoms with van der Waals surface area (Å²) in [6.07, 6.45) is 1.26. The summed E-state index contributed by atoms with van der Waals surface area (Å²) in [6.45, 7) is 6.87. The number of aromatic hydroxyl groups is 1. The summed E-state index contributed by atoms with van der Waals surface area (Å²) in [5, 5.41) is 21.1. The molecule has 0 aliphatic carbocycles. The SMILES string of the molecule is C=CC(=O)N1CCN(c2c(C#N)c(=O)n3c4c(c(-c5c(O)cccc5F)c(Cl)cc24)OCC3)C(C)C1. The van der Waals surface area contributed by atoms with Crippen LogP contribution in [0.3, 0.4) is 0 Å². The number of ether oxygens (including phenoxy) is 1. The molecule has 0 radical (unpaired) electrons. The van der Waals surface area contributed by atoms with Crippen molar-refractivity contribution in [3.8, 4) is 28.7 Å². The number of carbonyl (C=O) groups is 1. The predicted octanol–water partition coefficient (Wildman–Crippen LogP) is 3.65. The van der Waals surface area contributed by atoms with Crippen LogP contribution in [0.4, 0.5) is 10.1 Å². The van der Waals surface area contributed by atoms with E-state index >= 15 is 0 Å². The molecule has 1 aromatic heterocycles. The highest BCUT2D eigenvalue weighted by atomic mass is 35.5. The van der Waals surface area contributed by atoms with Gasteiger partial charge in [0.25, 0.3) is 5.56 Å². The van der Waals surface area contributed by atoms with Crippen LogP contribution in [-0.4, -0.2) is 52.8 Å². The number of pyridine rings is 1. The zero-order chi connectivity index (χ0) is 25.7. The monoisotopic (exact) mass is 508 g/mol. The van der Waals surface area contributed by atoms with Crippen molar-refractivity contribution in [2.45, 2.75) is 19.5 Å². The second-order valence-corrected chi connectivity index (χ2v) is 9.17.